The summed E-state index contributed by atoms with van der Waals surface area (Å²) in [5, 5.41) is 8.91. The third-order valence-corrected chi connectivity index (χ3v) is 5.11. The molecule has 0 N–H and O–H groups in total. The van der Waals surface area contributed by atoms with Crippen molar-refractivity contribution in [3.05, 3.63) is 29.8 Å². The summed E-state index contributed by atoms with van der Waals surface area (Å²) in [7, 11) is 0. The van der Waals surface area contributed by atoms with Crippen molar-refractivity contribution in [1.82, 2.24) is 9.80 Å². The lowest BCUT2D eigenvalue weighted by atomic mass is 10.2. The monoisotopic (exact) mass is 340 g/mol. The SMILES string of the molecule is CC(=O)N1CCCC1C(=O)N1CCCN(c2ccc(C#N)cc2)CC1. The van der Waals surface area contributed by atoms with Crippen LogP contribution in [-0.2, 0) is 9.59 Å². The second-order valence-corrected chi connectivity index (χ2v) is 6.70. The molecule has 0 aromatic heterocycles. The van der Waals surface area contributed by atoms with Gasteiger partial charge in [0.2, 0.25) is 11.8 Å². The Morgan fingerprint density at radius 1 is 1.04 bits per heavy atom. The maximum absolute atomic E-state index is 12.9. The first-order valence-corrected chi connectivity index (χ1v) is 8.91. The van der Waals surface area contributed by atoms with E-state index in [0.29, 0.717) is 18.7 Å². The molecule has 25 heavy (non-hydrogen) atoms. The second-order valence-electron chi connectivity index (χ2n) is 6.70. The lowest BCUT2D eigenvalue weighted by Gasteiger charge is -2.29. The van der Waals surface area contributed by atoms with Crippen molar-refractivity contribution in [2.75, 3.05) is 37.6 Å². The van der Waals surface area contributed by atoms with Crippen molar-refractivity contribution in [3.8, 4) is 6.07 Å². The Balaban J connectivity index is 1.64. The molecular weight excluding hydrogens is 316 g/mol. The highest BCUT2D eigenvalue weighted by Gasteiger charge is 2.35. The van der Waals surface area contributed by atoms with Crippen molar-refractivity contribution in [2.45, 2.75) is 32.2 Å². The van der Waals surface area contributed by atoms with Crippen molar-refractivity contribution in [1.29, 1.82) is 5.26 Å². The number of amides is 2. The number of anilines is 1. The largest absolute Gasteiger partial charge is 0.370 e. The number of rotatable bonds is 2. The normalized spacial score (nSPS) is 21.0. The molecule has 2 heterocycles. The summed E-state index contributed by atoms with van der Waals surface area (Å²) in [6.07, 6.45) is 2.58. The summed E-state index contributed by atoms with van der Waals surface area (Å²) in [6.45, 7) is 5.29. The van der Waals surface area contributed by atoms with Crippen molar-refractivity contribution in [2.24, 2.45) is 0 Å². The average molecular weight is 340 g/mol. The maximum Gasteiger partial charge on any atom is 0.245 e. The summed E-state index contributed by atoms with van der Waals surface area (Å²) < 4.78 is 0. The van der Waals surface area contributed by atoms with E-state index < -0.39 is 0 Å². The number of likely N-dealkylation sites (tertiary alicyclic amines) is 1. The molecular formula is C19H24N4O2. The second kappa shape index (κ2) is 7.56. The molecule has 1 atom stereocenters. The smallest absolute Gasteiger partial charge is 0.245 e. The fraction of sp³-hybridized carbons (Fsp3) is 0.526. The zero-order chi connectivity index (χ0) is 17.8. The summed E-state index contributed by atoms with van der Waals surface area (Å²) in [6, 6.07) is 9.43. The molecule has 2 aliphatic heterocycles. The van der Waals surface area contributed by atoms with E-state index >= 15 is 0 Å². The van der Waals surface area contributed by atoms with E-state index in [1.165, 1.54) is 0 Å². The van der Waals surface area contributed by atoms with Gasteiger partial charge in [-0.05, 0) is 43.5 Å². The number of nitrogens with zero attached hydrogens (tertiary/aromatic N) is 4. The predicted octanol–water partition coefficient (Wildman–Crippen LogP) is 1.61. The van der Waals surface area contributed by atoms with Gasteiger partial charge < -0.3 is 14.7 Å². The van der Waals surface area contributed by atoms with Crippen LogP contribution in [0, 0.1) is 11.3 Å². The van der Waals surface area contributed by atoms with E-state index in [9.17, 15) is 9.59 Å². The third-order valence-electron chi connectivity index (χ3n) is 5.11. The minimum atomic E-state index is -0.279. The highest BCUT2D eigenvalue weighted by molar-refractivity contribution is 5.87. The number of carbonyl (C=O) groups excluding carboxylic acids is 2. The summed E-state index contributed by atoms with van der Waals surface area (Å²) in [4.78, 5) is 30.5. The first-order chi connectivity index (χ1) is 12.1. The van der Waals surface area contributed by atoms with E-state index in [1.54, 1.807) is 11.8 Å². The number of nitriles is 1. The molecule has 0 saturated carbocycles. The Labute approximate surface area is 148 Å². The first kappa shape index (κ1) is 17.3. The van der Waals surface area contributed by atoms with Crippen LogP contribution < -0.4 is 4.90 Å². The van der Waals surface area contributed by atoms with Crippen LogP contribution in [0.1, 0.15) is 31.7 Å². The molecule has 1 aromatic rings. The van der Waals surface area contributed by atoms with Crippen LogP contribution in [0.2, 0.25) is 0 Å². The van der Waals surface area contributed by atoms with Crippen LogP contribution in [0.5, 0.6) is 0 Å². The van der Waals surface area contributed by atoms with Crippen LogP contribution in [0.15, 0.2) is 24.3 Å². The molecule has 6 heteroatoms. The maximum atomic E-state index is 12.9. The quantitative estimate of drug-likeness (QED) is 0.820. The highest BCUT2D eigenvalue weighted by atomic mass is 16.2. The third kappa shape index (κ3) is 3.76. The minimum absolute atomic E-state index is 0.00937. The van der Waals surface area contributed by atoms with Crippen molar-refractivity contribution in [3.63, 3.8) is 0 Å². The highest BCUT2D eigenvalue weighted by Crippen LogP contribution is 2.22. The van der Waals surface area contributed by atoms with Gasteiger partial charge in [-0.2, -0.15) is 5.26 Å². The van der Waals surface area contributed by atoms with Gasteiger partial charge in [0, 0.05) is 45.3 Å². The van der Waals surface area contributed by atoms with Crippen molar-refractivity contribution < 1.29 is 9.59 Å². The minimum Gasteiger partial charge on any atom is -0.370 e. The average Bonchev–Trinajstić information content (AvgIpc) is 3.00. The number of carbonyl (C=O) groups is 2. The summed E-state index contributed by atoms with van der Waals surface area (Å²) in [5.74, 6) is 0.0826. The van der Waals surface area contributed by atoms with E-state index in [-0.39, 0.29) is 17.9 Å². The molecule has 1 aromatic carbocycles. The Morgan fingerprint density at radius 3 is 2.48 bits per heavy atom. The zero-order valence-corrected chi connectivity index (χ0v) is 14.6. The van der Waals surface area contributed by atoms with Gasteiger partial charge in [-0.3, -0.25) is 9.59 Å². The van der Waals surface area contributed by atoms with Gasteiger partial charge in [0.1, 0.15) is 6.04 Å². The molecule has 0 spiro atoms. The van der Waals surface area contributed by atoms with Gasteiger partial charge in [-0.1, -0.05) is 0 Å². The molecule has 2 amide bonds. The first-order valence-electron chi connectivity index (χ1n) is 8.91. The fourth-order valence-electron chi connectivity index (χ4n) is 3.75. The molecule has 132 valence electrons. The van der Waals surface area contributed by atoms with Crippen LogP contribution in [0.4, 0.5) is 5.69 Å². The van der Waals surface area contributed by atoms with Crippen LogP contribution in [0.25, 0.3) is 0 Å². The summed E-state index contributed by atoms with van der Waals surface area (Å²) >= 11 is 0. The molecule has 2 saturated heterocycles. The Hall–Kier alpha value is -2.55. The number of hydrogen-bond donors (Lipinski definition) is 0. The lowest BCUT2D eigenvalue weighted by Crippen LogP contribution is -2.48. The van der Waals surface area contributed by atoms with Gasteiger partial charge in [0.15, 0.2) is 0 Å². The van der Waals surface area contributed by atoms with Gasteiger partial charge in [0.25, 0.3) is 0 Å². The molecule has 2 aliphatic rings. The molecule has 3 rings (SSSR count). The Morgan fingerprint density at radius 2 is 1.80 bits per heavy atom. The number of hydrogen-bond acceptors (Lipinski definition) is 4. The van der Waals surface area contributed by atoms with Gasteiger partial charge in [0.05, 0.1) is 11.6 Å². The van der Waals surface area contributed by atoms with Crippen LogP contribution >= 0.6 is 0 Å². The number of benzene rings is 1. The van der Waals surface area contributed by atoms with E-state index in [0.717, 1.165) is 44.6 Å². The Bertz CT molecular complexity index is 680. The molecule has 6 nitrogen and oxygen atoms in total. The summed E-state index contributed by atoms with van der Waals surface area (Å²) in [5.41, 5.74) is 1.74. The Kier molecular flexibility index (Phi) is 5.22. The van der Waals surface area contributed by atoms with Gasteiger partial charge in [-0.25, -0.2) is 0 Å². The van der Waals surface area contributed by atoms with Gasteiger partial charge >= 0.3 is 0 Å². The van der Waals surface area contributed by atoms with Crippen molar-refractivity contribution >= 4 is 17.5 Å². The van der Waals surface area contributed by atoms with E-state index in [1.807, 2.05) is 29.2 Å². The topological polar surface area (TPSA) is 67.7 Å². The van der Waals surface area contributed by atoms with Crippen LogP contribution in [0.3, 0.4) is 0 Å². The van der Waals surface area contributed by atoms with Crippen LogP contribution in [-0.4, -0.2) is 60.4 Å². The zero-order valence-electron chi connectivity index (χ0n) is 14.6. The molecule has 2 fully saturated rings. The molecule has 0 bridgehead atoms. The van der Waals surface area contributed by atoms with E-state index in [2.05, 4.69) is 11.0 Å². The molecule has 0 aliphatic carbocycles. The van der Waals surface area contributed by atoms with Gasteiger partial charge in [-0.15, -0.1) is 0 Å². The molecule has 1 unspecified atom stereocenters. The standard InChI is InChI=1S/C19H24N4O2/c1-15(24)23-11-2-4-18(23)19(25)22-10-3-9-21(12-13-22)17-7-5-16(14-20)6-8-17/h5-8,18H,2-4,9-13H2,1H3. The molecule has 0 radical (unpaired) electrons. The van der Waals surface area contributed by atoms with E-state index in [4.69, 9.17) is 5.26 Å². The fourth-order valence-corrected chi connectivity index (χ4v) is 3.75. The lowest BCUT2D eigenvalue weighted by molar-refractivity contribution is -0.142. The predicted molar refractivity (Wildman–Crippen MR) is 95.0 cm³/mol.